The summed E-state index contributed by atoms with van der Waals surface area (Å²) in [6, 6.07) is 15.6. The lowest BCUT2D eigenvalue weighted by atomic mass is 10.0. The van der Waals surface area contributed by atoms with Crippen LogP contribution in [0.25, 0.3) is 11.8 Å². The van der Waals surface area contributed by atoms with Gasteiger partial charge >= 0.3 is 5.97 Å². The van der Waals surface area contributed by atoms with Crippen LogP contribution in [0.4, 0.5) is 5.69 Å². The number of carbonyl (C=O) groups is 2. The normalized spacial score (nSPS) is 14.8. The van der Waals surface area contributed by atoms with Crippen molar-refractivity contribution in [1.82, 2.24) is 4.57 Å². The summed E-state index contributed by atoms with van der Waals surface area (Å²) in [7, 11) is 2.92. The minimum absolute atomic E-state index is 0.268. The summed E-state index contributed by atoms with van der Waals surface area (Å²) in [5, 5.41) is 0. The number of rotatable bonds is 5. The molecule has 35 heavy (non-hydrogen) atoms. The zero-order chi connectivity index (χ0) is 25.4. The Bertz CT molecular complexity index is 1370. The molecule has 2 heterocycles. The summed E-state index contributed by atoms with van der Waals surface area (Å²) in [4.78, 5) is 28.0. The van der Waals surface area contributed by atoms with E-state index < -0.39 is 5.97 Å². The van der Waals surface area contributed by atoms with Gasteiger partial charge < -0.3 is 14.0 Å². The maximum atomic E-state index is 13.6. The smallest absolute Gasteiger partial charge is 0.340 e. The minimum atomic E-state index is -0.541. The van der Waals surface area contributed by atoms with E-state index in [0.29, 0.717) is 22.7 Å². The fourth-order valence-corrected chi connectivity index (χ4v) is 4.79. The maximum absolute atomic E-state index is 13.6. The van der Waals surface area contributed by atoms with Gasteiger partial charge in [-0.15, -0.1) is 0 Å². The molecular formula is C29H30N2O4. The number of allylic oxidation sites excluding steroid dienone is 1. The van der Waals surface area contributed by atoms with E-state index in [0.717, 1.165) is 22.6 Å². The van der Waals surface area contributed by atoms with Crippen molar-refractivity contribution in [2.45, 2.75) is 34.6 Å². The van der Waals surface area contributed by atoms with Gasteiger partial charge in [-0.2, -0.15) is 0 Å². The molecule has 0 radical (unpaired) electrons. The van der Waals surface area contributed by atoms with Crippen molar-refractivity contribution in [3.8, 4) is 11.4 Å². The molecule has 3 aromatic rings. The second-order valence-electron chi connectivity index (χ2n) is 8.86. The number of hydrogen-bond acceptors (Lipinski definition) is 4. The van der Waals surface area contributed by atoms with Crippen molar-refractivity contribution < 1.29 is 19.1 Å². The van der Waals surface area contributed by atoms with E-state index >= 15 is 0 Å². The zero-order valence-electron chi connectivity index (χ0n) is 21.2. The Hall–Kier alpha value is -4.06. The molecule has 0 atom stereocenters. The molecule has 1 aromatic heterocycles. The molecule has 6 heteroatoms. The summed E-state index contributed by atoms with van der Waals surface area (Å²) < 4.78 is 12.5. The number of benzene rings is 2. The van der Waals surface area contributed by atoms with Crippen LogP contribution in [0.15, 0.2) is 65.4 Å². The Morgan fingerprint density at radius 2 is 1.49 bits per heavy atom. The molecule has 1 aliphatic heterocycles. The molecule has 0 N–H and O–H groups in total. The standard InChI is InChI=1S/C29H30N2O4/c1-17-12-18(2)14-24(13-17)30-19(3)15-22(20(30)4)16-26-27(29(33)35-7)21(5)31(28(26)32)23-8-10-25(34-6)11-9-23/h8-16H,1-7H3/b26-16-. The van der Waals surface area contributed by atoms with Crippen LogP contribution in [0.2, 0.25) is 0 Å². The van der Waals surface area contributed by atoms with E-state index in [4.69, 9.17) is 9.47 Å². The van der Waals surface area contributed by atoms with Crippen molar-refractivity contribution in [1.29, 1.82) is 0 Å². The number of nitrogens with zero attached hydrogens (tertiary/aromatic N) is 2. The monoisotopic (exact) mass is 470 g/mol. The number of esters is 1. The van der Waals surface area contributed by atoms with Crippen LogP contribution in [-0.4, -0.2) is 30.7 Å². The van der Waals surface area contributed by atoms with Crippen LogP contribution in [0, 0.1) is 27.7 Å². The highest BCUT2D eigenvalue weighted by Gasteiger charge is 2.38. The predicted octanol–water partition coefficient (Wildman–Crippen LogP) is 5.60. The van der Waals surface area contributed by atoms with E-state index in [1.807, 2.05) is 19.9 Å². The highest BCUT2D eigenvalue weighted by atomic mass is 16.5. The summed E-state index contributed by atoms with van der Waals surface area (Å²) in [5.41, 5.74) is 8.08. The van der Waals surface area contributed by atoms with Crippen LogP contribution in [-0.2, 0) is 14.3 Å². The lowest BCUT2D eigenvalue weighted by molar-refractivity contribution is -0.136. The van der Waals surface area contributed by atoms with Gasteiger partial charge in [0, 0.05) is 28.5 Å². The number of hydrogen-bond donors (Lipinski definition) is 0. The number of anilines is 1. The van der Waals surface area contributed by atoms with Crippen molar-refractivity contribution in [2.75, 3.05) is 19.1 Å². The number of carbonyl (C=O) groups excluding carboxylic acids is 2. The van der Waals surface area contributed by atoms with Gasteiger partial charge in [-0.25, -0.2) is 4.79 Å². The molecule has 1 aliphatic rings. The SMILES string of the molecule is COC(=O)C1=C(C)N(c2ccc(OC)cc2)C(=O)/C1=C\c1cc(C)n(-c2cc(C)cc(C)c2)c1C. The summed E-state index contributed by atoms with van der Waals surface area (Å²) in [5.74, 6) is -0.129. The third-order valence-corrected chi connectivity index (χ3v) is 6.35. The second kappa shape index (κ2) is 9.29. The van der Waals surface area contributed by atoms with E-state index in [1.54, 1.807) is 49.3 Å². The van der Waals surface area contributed by atoms with Gasteiger partial charge in [-0.05, 0) is 99.8 Å². The van der Waals surface area contributed by atoms with Gasteiger partial charge in [0.15, 0.2) is 0 Å². The number of methoxy groups -OCH3 is 2. The Morgan fingerprint density at radius 1 is 0.857 bits per heavy atom. The van der Waals surface area contributed by atoms with E-state index in [2.05, 4.69) is 36.6 Å². The van der Waals surface area contributed by atoms with Crippen molar-refractivity contribution in [2.24, 2.45) is 0 Å². The molecule has 180 valence electrons. The molecule has 0 bridgehead atoms. The van der Waals surface area contributed by atoms with Crippen LogP contribution in [0.3, 0.4) is 0 Å². The summed E-state index contributed by atoms with van der Waals surface area (Å²) in [6.07, 6.45) is 1.79. The van der Waals surface area contributed by atoms with Crippen molar-refractivity contribution in [3.05, 3.63) is 93.5 Å². The molecule has 0 spiro atoms. The number of ether oxygens (including phenoxy) is 2. The fourth-order valence-electron chi connectivity index (χ4n) is 4.79. The third kappa shape index (κ3) is 4.28. The fraction of sp³-hybridized carbons (Fsp3) is 0.241. The molecule has 2 aromatic carbocycles. The zero-order valence-corrected chi connectivity index (χ0v) is 21.2. The van der Waals surface area contributed by atoms with Gasteiger partial charge in [-0.3, -0.25) is 9.69 Å². The van der Waals surface area contributed by atoms with Gasteiger partial charge in [-0.1, -0.05) is 6.07 Å². The van der Waals surface area contributed by atoms with Crippen LogP contribution in [0.5, 0.6) is 5.75 Å². The minimum Gasteiger partial charge on any atom is -0.497 e. The Morgan fingerprint density at radius 3 is 2.06 bits per heavy atom. The molecule has 4 rings (SSSR count). The summed E-state index contributed by atoms with van der Waals surface area (Å²) >= 11 is 0. The maximum Gasteiger partial charge on any atom is 0.340 e. The van der Waals surface area contributed by atoms with Crippen molar-refractivity contribution in [3.63, 3.8) is 0 Å². The third-order valence-electron chi connectivity index (χ3n) is 6.35. The van der Waals surface area contributed by atoms with Gasteiger partial charge in [0.25, 0.3) is 5.91 Å². The Balaban J connectivity index is 1.84. The molecular weight excluding hydrogens is 440 g/mol. The van der Waals surface area contributed by atoms with Gasteiger partial charge in [0.1, 0.15) is 5.75 Å². The van der Waals surface area contributed by atoms with Crippen LogP contribution < -0.4 is 9.64 Å². The average molecular weight is 471 g/mol. The van der Waals surface area contributed by atoms with E-state index in [-0.39, 0.29) is 11.5 Å². The molecule has 0 saturated heterocycles. The molecule has 0 aliphatic carbocycles. The first-order valence-electron chi connectivity index (χ1n) is 11.4. The highest BCUT2D eigenvalue weighted by molar-refractivity contribution is 6.23. The topological polar surface area (TPSA) is 60.8 Å². The summed E-state index contributed by atoms with van der Waals surface area (Å²) in [6.45, 7) is 9.97. The quantitative estimate of drug-likeness (QED) is 0.360. The first kappa shape index (κ1) is 24.1. The lowest BCUT2D eigenvalue weighted by Gasteiger charge is -2.18. The number of aryl methyl sites for hydroxylation is 3. The van der Waals surface area contributed by atoms with Crippen molar-refractivity contribution >= 4 is 23.6 Å². The van der Waals surface area contributed by atoms with Gasteiger partial charge in [0.2, 0.25) is 0 Å². The largest absolute Gasteiger partial charge is 0.497 e. The molecule has 0 fully saturated rings. The second-order valence-corrected chi connectivity index (χ2v) is 8.86. The lowest BCUT2D eigenvalue weighted by Crippen LogP contribution is -2.24. The Labute approximate surface area is 206 Å². The van der Waals surface area contributed by atoms with Crippen LogP contribution >= 0.6 is 0 Å². The first-order valence-corrected chi connectivity index (χ1v) is 11.4. The number of amides is 1. The van der Waals surface area contributed by atoms with E-state index in [1.165, 1.54) is 18.2 Å². The molecule has 1 amide bonds. The Kier molecular flexibility index (Phi) is 6.39. The average Bonchev–Trinajstić information content (AvgIpc) is 3.24. The molecule has 0 saturated carbocycles. The molecule has 0 unspecified atom stereocenters. The highest BCUT2D eigenvalue weighted by Crippen LogP contribution is 2.37. The predicted molar refractivity (Wildman–Crippen MR) is 138 cm³/mol. The number of aromatic nitrogens is 1. The van der Waals surface area contributed by atoms with Crippen LogP contribution in [0.1, 0.15) is 35.0 Å². The van der Waals surface area contributed by atoms with E-state index in [9.17, 15) is 9.59 Å². The first-order chi connectivity index (χ1) is 16.7. The van der Waals surface area contributed by atoms with Gasteiger partial charge in [0.05, 0.1) is 25.4 Å². The molecule has 6 nitrogen and oxygen atoms in total.